The molecule has 0 aliphatic heterocycles. The van der Waals surface area contributed by atoms with Gasteiger partial charge in [-0.15, -0.1) is 5.10 Å². The Balaban J connectivity index is 1.86. The van der Waals surface area contributed by atoms with Gasteiger partial charge in [0.1, 0.15) is 11.1 Å². The van der Waals surface area contributed by atoms with Crippen molar-refractivity contribution >= 4 is 16.7 Å². The van der Waals surface area contributed by atoms with Gasteiger partial charge in [-0.2, -0.15) is 0 Å². The summed E-state index contributed by atoms with van der Waals surface area (Å²) in [5.41, 5.74) is 5.44. The van der Waals surface area contributed by atoms with Crippen molar-refractivity contribution in [1.82, 2.24) is 15.0 Å². The largest absolute Gasteiger partial charge is 0.375 e. The van der Waals surface area contributed by atoms with Gasteiger partial charge >= 0.3 is 0 Å². The van der Waals surface area contributed by atoms with Gasteiger partial charge in [0.15, 0.2) is 6.29 Å². The second-order valence-electron chi connectivity index (χ2n) is 9.62. The van der Waals surface area contributed by atoms with Gasteiger partial charge in [-0.05, 0) is 61.7 Å². The molecule has 0 bridgehead atoms. The fraction of sp³-hybridized carbons (Fsp3) is 0.273. The molecule has 1 heterocycles. The van der Waals surface area contributed by atoms with Gasteiger partial charge in [-0.25, -0.2) is 4.68 Å². The zero-order valence-corrected chi connectivity index (χ0v) is 22.8. The van der Waals surface area contributed by atoms with E-state index in [9.17, 15) is 0 Å². The first-order valence-electron chi connectivity index (χ1n) is 13.6. The van der Waals surface area contributed by atoms with Crippen molar-refractivity contribution in [3.63, 3.8) is 0 Å². The number of hydrogen-bond donors (Lipinski definition) is 1. The number of rotatable bonds is 12. The third-order valence-corrected chi connectivity index (χ3v) is 7.25. The molecule has 2 unspecified atom stereocenters. The second kappa shape index (κ2) is 12.2. The minimum atomic E-state index is -0.783. The summed E-state index contributed by atoms with van der Waals surface area (Å²) < 4.78 is 14.5. The Morgan fingerprint density at radius 2 is 1.38 bits per heavy atom. The van der Waals surface area contributed by atoms with Crippen molar-refractivity contribution in [3.05, 3.63) is 126 Å². The van der Waals surface area contributed by atoms with Gasteiger partial charge < -0.3 is 14.8 Å². The monoisotopic (exact) mass is 520 g/mol. The van der Waals surface area contributed by atoms with Crippen LogP contribution < -0.4 is 5.32 Å². The molecule has 0 aliphatic carbocycles. The van der Waals surface area contributed by atoms with E-state index in [4.69, 9.17) is 14.7 Å². The molecular weight excluding hydrogens is 484 g/mol. The SMILES string of the molecule is CCOC(CC(c1ccccc1)(C(Nc1ccccc1)c1ccccc1C)n1nnc2ccccc21)OCC. The van der Waals surface area contributed by atoms with E-state index < -0.39 is 11.8 Å². The Hall–Kier alpha value is -4.00. The zero-order valence-electron chi connectivity index (χ0n) is 22.8. The van der Waals surface area contributed by atoms with Crippen LogP contribution in [-0.2, 0) is 15.0 Å². The normalized spacial score (nSPS) is 13.8. The number of ether oxygens (including phenoxy) is 2. The van der Waals surface area contributed by atoms with Crippen LogP contribution in [0.15, 0.2) is 109 Å². The lowest BCUT2D eigenvalue weighted by molar-refractivity contribution is -0.152. The molecule has 2 atom stereocenters. The van der Waals surface area contributed by atoms with Crippen molar-refractivity contribution in [2.24, 2.45) is 0 Å². The molecule has 6 heteroatoms. The molecule has 39 heavy (non-hydrogen) atoms. The first-order chi connectivity index (χ1) is 19.2. The summed E-state index contributed by atoms with van der Waals surface area (Å²) >= 11 is 0. The molecule has 0 saturated heterocycles. The van der Waals surface area contributed by atoms with Crippen LogP contribution >= 0.6 is 0 Å². The predicted molar refractivity (Wildman–Crippen MR) is 157 cm³/mol. The molecule has 0 radical (unpaired) electrons. The standard InChI is InChI=1S/C33H36N4O2/c1-4-38-31(39-5-2)24-33(26-17-8-6-9-18-26,37-30-23-15-14-22-29(30)35-36-37)32(28-21-13-12-16-25(28)3)34-27-19-10-7-11-20-27/h6-23,31-32,34H,4-5,24H2,1-3H3. The number of aryl methyl sites for hydroxylation is 1. The third-order valence-electron chi connectivity index (χ3n) is 7.25. The third kappa shape index (κ3) is 5.44. The second-order valence-corrected chi connectivity index (χ2v) is 9.62. The number of nitrogens with zero attached hydrogens (tertiary/aromatic N) is 3. The Morgan fingerprint density at radius 3 is 2.08 bits per heavy atom. The molecule has 1 N–H and O–H groups in total. The molecule has 6 nitrogen and oxygen atoms in total. The minimum Gasteiger partial charge on any atom is -0.375 e. The van der Waals surface area contributed by atoms with E-state index in [1.165, 1.54) is 5.56 Å². The first kappa shape index (κ1) is 26.6. The number of anilines is 1. The molecule has 1 aromatic heterocycles. The van der Waals surface area contributed by atoms with Crippen LogP contribution in [0, 0.1) is 6.92 Å². The van der Waals surface area contributed by atoms with E-state index in [1.54, 1.807) is 0 Å². The molecule has 5 aromatic rings. The maximum atomic E-state index is 6.22. The van der Waals surface area contributed by atoms with Crippen LogP contribution in [0.25, 0.3) is 11.0 Å². The molecule has 0 saturated carbocycles. The molecule has 200 valence electrons. The van der Waals surface area contributed by atoms with Crippen molar-refractivity contribution in [2.75, 3.05) is 18.5 Å². The summed E-state index contributed by atoms with van der Waals surface area (Å²) in [4.78, 5) is 0. The van der Waals surface area contributed by atoms with Crippen molar-refractivity contribution in [2.45, 2.75) is 45.1 Å². The Bertz CT molecular complexity index is 1470. The fourth-order valence-corrected chi connectivity index (χ4v) is 5.48. The maximum absolute atomic E-state index is 6.22. The van der Waals surface area contributed by atoms with Crippen LogP contribution in [-0.4, -0.2) is 34.5 Å². The number of benzene rings is 4. The van der Waals surface area contributed by atoms with E-state index in [0.29, 0.717) is 19.6 Å². The molecular formula is C33H36N4O2. The Labute approximate surface area is 230 Å². The zero-order chi connectivity index (χ0) is 27.1. The lowest BCUT2D eigenvalue weighted by atomic mass is 9.75. The summed E-state index contributed by atoms with van der Waals surface area (Å²) in [5.74, 6) is 0. The maximum Gasteiger partial charge on any atom is 0.160 e. The predicted octanol–water partition coefficient (Wildman–Crippen LogP) is 7.13. The molecule has 0 fully saturated rings. The average Bonchev–Trinajstić information content (AvgIpc) is 3.41. The van der Waals surface area contributed by atoms with Gasteiger partial charge in [0.05, 0.1) is 11.6 Å². The molecule has 0 aliphatic rings. The van der Waals surface area contributed by atoms with Gasteiger partial charge in [0.25, 0.3) is 0 Å². The summed E-state index contributed by atoms with van der Waals surface area (Å²) in [5, 5.41) is 13.4. The van der Waals surface area contributed by atoms with Crippen molar-refractivity contribution in [1.29, 1.82) is 0 Å². The molecule has 0 amide bonds. The highest BCUT2D eigenvalue weighted by atomic mass is 16.7. The summed E-state index contributed by atoms with van der Waals surface area (Å²) in [6.07, 6.45) is 0.0393. The minimum absolute atomic E-state index is 0.253. The highest BCUT2D eigenvalue weighted by Gasteiger charge is 2.48. The van der Waals surface area contributed by atoms with E-state index in [0.717, 1.165) is 27.8 Å². The van der Waals surface area contributed by atoms with Crippen LogP contribution in [0.5, 0.6) is 0 Å². The van der Waals surface area contributed by atoms with Crippen molar-refractivity contribution in [3.8, 4) is 0 Å². The van der Waals surface area contributed by atoms with Gasteiger partial charge in [-0.3, -0.25) is 0 Å². The number of para-hydroxylation sites is 2. The van der Waals surface area contributed by atoms with Crippen LogP contribution in [0.1, 0.15) is 43.0 Å². The smallest absolute Gasteiger partial charge is 0.160 e. The highest BCUT2D eigenvalue weighted by molar-refractivity contribution is 5.74. The fourth-order valence-electron chi connectivity index (χ4n) is 5.48. The summed E-state index contributed by atoms with van der Waals surface area (Å²) in [7, 11) is 0. The number of hydrogen-bond acceptors (Lipinski definition) is 5. The van der Waals surface area contributed by atoms with Gasteiger partial charge in [-0.1, -0.05) is 90.1 Å². The van der Waals surface area contributed by atoms with Crippen LogP contribution in [0.2, 0.25) is 0 Å². The van der Waals surface area contributed by atoms with Gasteiger partial charge in [0.2, 0.25) is 0 Å². The number of fused-ring (bicyclic) bond motifs is 1. The van der Waals surface area contributed by atoms with E-state index in [1.807, 2.05) is 44.2 Å². The number of aromatic nitrogens is 3. The molecule has 0 spiro atoms. The van der Waals surface area contributed by atoms with E-state index >= 15 is 0 Å². The Kier molecular flexibility index (Phi) is 8.35. The van der Waals surface area contributed by atoms with Crippen molar-refractivity contribution < 1.29 is 9.47 Å². The first-order valence-corrected chi connectivity index (χ1v) is 13.6. The van der Waals surface area contributed by atoms with Crippen LogP contribution in [0.3, 0.4) is 0 Å². The van der Waals surface area contributed by atoms with E-state index in [-0.39, 0.29) is 6.04 Å². The van der Waals surface area contributed by atoms with E-state index in [2.05, 4.69) is 101 Å². The Morgan fingerprint density at radius 1 is 0.769 bits per heavy atom. The lowest BCUT2D eigenvalue weighted by Gasteiger charge is -2.44. The lowest BCUT2D eigenvalue weighted by Crippen LogP contribution is -2.48. The summed E-state index contributed by atoms with van der Waals surface area (Å²) in [6, 6.07) is 37.3. The molecule has 4 aromatic carbocycles. The van der Waals surface area contributed by atoms with Gasteiger partial charge in [0, 0.05) is 25.3 Å². The van der Waals surface area contributed by atoms with Crippen LogP contribution in [0.4, 0.5) is 5.69 Å². The molecule has 5 rings (SSSR count). The number of nitrogens with one attached hydrogen (secondary N) is 1. The average molecular weight is 521 g/mol. The highest BCUT2D eigenvalue weighted by Crippen LogP contribution is 2.46. The topological polar surface area (TPSA) is 61.2 Å². The quantitative estimate of drug-likeness (QED) is 0.177. The summed E-state index contributed by atoms with van der Waals surface area (Å²) in [6.45, 7) is 7.24.